The molecule has 0 atom stereocenters. The highest BCUT2D eigenvalue weighted by Gasteiger charge is 1.72. The monoisotopic (exact) mass is 233 g/mol. The van der Waals surface area contributed by atoms with Crippen LogP contribution in [0.4, 0.5) is 0 Å². The van der Waals surface area contributed by atoms with E-state index in [2.05, 4.69) is 58.9 Å². The topological polar surface area (TPSA) is 0 Å². The van der Waals surface area contributed by atoms with Gasteiger partial charge in [-0.1, -0.05) is 58.9 Å². The van der Waals surface area contributed by atoms with E-state index in [0.29, 0.717) is 0 Å². The molecule has 0 amide bonds. The van der Waals surface area contributed by atoms with Gasteiger partial charge in [0.2, 0.25) is 0 Å². The van der Waals surface area contributed by atoms with Crippen LogP contribution in [-0.4, -0.2) is 34.8 Å². The lowest BCUT2D eigenvalue weighted by Gasteiger charge is -1.75. The molecule has 0 N–H and O–H groups in total. The van der Waals surface area contributed by atoms with E-state index in [0.717, 1.165) is 0 Å². The fourth-order valence-corrected chi connectivity index (χ4v) is 0. The van der Waals surface area contributed by atoms with Gasteiger partial charge in [0.05, 0.1) is 0 Å². The van der Waals surface area contributed by atoms with Crippen molar-refractivity contribution >= 4 is 34.8 Å². The average Bonchev–Trinajstić information content (AvgIpc) is 1.54. The SMILES string of the molecule is C[SiH](C)C.C[SiH](C)C.C[SiH](C)C.[B]. The molecule has 0 fully saturated rings. The van der Waals surface area contributed by atoms with E-state index in [-0.39, 0.29) is 34.8 Å². The third-order valence-corrected chi connectivity index (χ3v) is 0. The van der Waals surface area contributed by atoms with E-state index < -0.39 is 0 Å². The Hall–Kier alpha value is 0.716. The molecule has 13 heavy (non-hydrogen) atoms. The van der Waals surface area contributed by atoms with Crippen molar-refractivity contribution in [3.8, 4) is 0 Å². The highest BCUT2D eigenvalue weighted by molar-refractivity contribution is 6.54. The minimum atomic E-state index is -0.139. The van der Waals surface area contributed by atoms with Crippen LogP contribution in [0.5, 0.6) is 0 Å². The van der Waals surface area contributed by atoms with Crippen LogP contribution in [0.25, 0.3) is 0 Å². The van der Waals surface area contributed by atoms with Gasteiger partial charge in [-0.05, 0) is 0 Å². The van der Waals surface area contributed by atoms with Gasteiger partial charge in [0.1, 0.15) is 0 Å². The molecule has 0 saturated heterocycles. The Labute approximate surface area is 93.9 Å². The fourth-order valence-electron chi connectivity index (χ4n) is 0. The standard InChI is InChI=1S/3C3H10Si.B/c3*1-4(2)3;/h3*4H,1-3H3;. The summed E-state index contributed by atoms with van der Waals surface area (Å²) in [4.78, 5) is 0. The molecule has 4 heteroatoms. The van der Waals surface area contributed by atoms with Crippen molar-refractivity contribution < 1.29 is 0 Å². The van der Waals surface area contributed by atoms with Crippen LogP contribution in [0.2, 0.25) is 58.9 Å². The lowest BCUT2D eigenvalue weighted by atomic mass is 10.8. The third-order valence-electron chi connectivity index (χ3n) is 0. The molecule has 0 aromatic heterocycles. The van der Waals surface area contributed by atoms with E-state index in [1.165, 1.54) is 0 Å². The molecular weight excluding hydrogens is 203 g/mol. The van der Waals surface area contributed by atoms with Crippen LogP contribution in [0.1, 0.15) is 0 Å². The molecule has 0 aliphatic heterocycles. The van der Waals surface area contributed by atoms with Crippen molar-refractivity contribution in [2.24, 2.45) is 0 Å². The summed E-state index contributed by atoms with van der Waals surface area (Å²) in [5, 5.41) is 0. The van der Waals surface area contributed by atoms with Crippen molar-refractivity contribution in [1.82, 2.24) is 0 Å². The summed E-state index contributed by atoms with van der Waals surface area (Å²) in [6.07, 6.45) is 0. The maximum Gasteiger partial charge on any atom is 0.0274 e. The number of hydrogen-bond acceptors (Lipinski definition) is 0. The summed E-state index contributed by atoms with van der Waals surface area (Å²) >= 11 is 0. The molecule has 0 bridgehead atoms. The van der Waals surface area contributed by atoms with Gasteiger partial charge < -0.3 is 0 Å². The molecule has 0 aliphatic carbocycles. The first-order valence-corrected chi connectivity index (χ1v) is 15.6. The summed E-state index contributed by atoms with van der Waals surface area (Å²) in [5.41, 5.74) is 0. The van der Waals surface area contributed by atoms with E-state index >= 15 is 0 Å². The average molecular weight is 233 g/mol. The lowest BCUT2D eigenvalue weighted by molar-refractivity contribution is 1.91. The van der Waals surface area contributed by atoms with Crippen molar-refractivity contribution in [3.63, 3.8) is 0 Å². The van der Waals surface area contributed by atoms with Gasteiger partial charge in [-0.3, -0.25) is 0 Å². The van der Waals surface area contributed by atoms with Crippen LogP contribution < -0.4 is 0 Å². The summed E-state index contributed by atoms with van der Waals surface area (Å²) in [7, 11) is -0.417. The zero-order chi connectivity index (χ0) is 10.7. The normalized spacial score (nSPS) is 8.31. The van der Waals surface area contributed by atoms with Gasteiger partial charge in [-0.25, -0.2) is 0 Å². The van der Waals surface area contributed by atoms with Crippen LogP contribution in [0.3, 0.4) is 0 Å². The highest BCUT2D eigenvalue weighted by Crippen LogP contribution is 1.68. The molecule has 0 saturated carbocycles. The summed E-state index contributed by atoms with van der Waals surface area (Å²) in [5.74, 6) is 0. The largest absolute Gasteiger partial charge is 0.0724 e. The van der Waals surface area contributed by atoms with Crippen molar-refractivity contribution in [3.05, 3.63) is 0 Å². The molecule has 0 nitrogen and oxygen atoms in total. The second-order valence-electron chi connectivity index (χ2n) is 5.20. The van der Waals surface area contributed by atoms with Gasteiger partial charge in [0.25, 0.3) is 0 Å². The highest BCUT2D eigenvalue weighted by atomic mass is 28.3. The summed E-state index contributed by atoms with van der Waals surface area (Å²) in [6, 6.07) is 0. The minimum Gasteiger partial charge on any atom is -0.0724 e. The second-order valence-corrected chi connectivity index (χ2v) is 15.6. The predicted octanol–water partition coefficient (Wildman–Crippen LogP) is 2.93. The first kappa shape index (κ1) is 23.5. The third kappa shape index (κ3) is 2850. The maximum absolute atomic E-state index is 2.31. The van der Waals surface area contributed by atoms with E-state index in [9.17, 15) is 0 Å². The molecular formula is C9H30BSi3. The van der Waals surface area contributed by atoms with E-state index in [1.54, 1.807) is 0 Å². The molecule has 0 aromatic carbocycles. The first-order valence-electron chi connectivity index (χ1n) is 5.20. The van der Waals surface area contributed by atoms with Crippen LogP contribution >= 0.6 is 0 Å². The van der Waals surface area contributed by atoms with Gasteiger partial charge >= 0.3 is 0 Å². The molecule has 81 valence electrons. The predicted molar refractivity (Wildman–Crippen MR) is 80.0 cm³/mol. The van der Waals surface area contributed by atoms with E-state index in [1.807, 2.05) is 0 Å². The van der Waals surface area contributed by atoms with Crippen molar-refractivity contribution in [1.29, 1.82) is 0 Å². The van der Waals surface area contributed by atoms with Gasteiger partial charge in [0.15, 0.2) is 0 Å². The minimum absolute atomic E-state index is 0. The van der Waals surface area contributed by atoms with Crippen molar-refractivity contribution in [2.45, 2.75) is 58.9 Å². The van der Waals surface area contributed by atoms with Gasteiger partial charge in [-0.15, -0.1) is 0 Å². The Balaban J connectivity index is -0.0000000450. The zero-order valence-electron chi connectivity index (χ0n) is 11.3. The second kappa shape index (κ2) is 18.5. The molecule has 0 rings (SSSR count). The Kier molecular flexibility index (Phi) is 33.4. The van der Waals surface area contributed by atoms with Crippen LogP contribution in [0.15, 0.2) is 0 Å². The van der Waals surface area contributed by atoms with Gasteiger partial charge in [-0.2, -0.15) is 0 Å². The zero-order valence-corrected chi connectivity index (χ0v) is 14.8. The molecule has 0 unspecified atom stereocenters. The number of rotatable bonds is 0. The summed E-state index contributed by atoms with van der Waals surface area (Å²) in [6.45, 7) is 20.8. The Morgan fingerprint density at radius 2 is 0.385 bits per heavy atom. The molecule has 0 aromatic rings. The fraction of sp³-hybridized carbons (Fsp3) is 1.00. The number of hydrogen-bond donors (Lipinski definition) is 0. The quantitative estimate of drug-likeness (QED) is 0.564. The van der Waals surface area contributed by atoms with Crippen LogP contribution in [0, 0.1) is 0 Å². The van der Waals surface area contributed by atoms with E-state index in [4.69, 9.17) is 0 Å². The lowest BCUT2D eigenvalue weighted by Crippen LogP contribution is -1.84. The first-order chi connectivity index (χ1) is 5.20. The molecule has 0 aliphatic rings. The van der Waals surface area contributed by atoms with Crippen molar-refractivity contribution in [2.75, 3.05) is 0 Å². The van der Waals surface area contributed by atoms with Gasteiger partial charge in [0, 0.05) is 34.8 Å². The smallest absolute Gasteiger partial charge is 0.0274 e. The molecule has 0 spiro atoms. The summed E-state index contributed by atoms with van der Waals surface area (Å²) < 4.78 is 0. The molecule has 3 radical (unpaired) electrons. The Bertz CT molecular complexity index is 43.4. The molecule has 0 heterocycles. The van der Waals surface area contributed by atoms with Crippen LogP contribution in [-0.2, 0) is 0 Å². The maximum atomic E-state index is 2.31. The Morgan fingerprint density at radius 3 is 0.385 bits per heavy atom. The Morgan fingerprint density at radius 1 is 0.385 bits per heavy atom.